The Bertz CT molecular complexity index is 512. The molecule has 22 heavy (non-hydrogen) atoms. The first-order valence-corrected chi connectivity index (χ1v) is 8.49. The van der Waals surface area contributed by atoms with E-state index in [9.17, 15) is 4.79 Å². The summed E-state index contributed by atoms with van der Waals surface area (Å²) in [6.07, 6.45) is 3.78. The fourth-order valence-electron chi connectivity index (χ4n) is 3.57. The normalized spacial score (nSPS) is 24.6. The minimum absolute atomic E-state index is 0.165. The molecule has 1 N–H and O–H groups in total. The summed E-state index contributed by atoms with van der Waals surface area (Å²) in [4.78, 5) is 14.9. The van der Waals surface area contributed by atoms with Crippen molar-refractivity contribution in [3.8, 4) is 0 Å². The van der Waals surface area contributed by atoms with Crippen LogP contribution in [0.15, 0.2) is 24.3 Å². The summed E-state index contributed by atoms with van der Waals surface area (Å²) in [5.74, 6) is 0.165. The maximum atomic E-state index is 12.9. The van der Waals surface area contributed by atoms with Crippen LogP contribution in [0.4, 0.5) is 0 Å². The second-order valence-corrected chi connectivity index (χ2v) is 6.26. The standard InChI is InChI=1S/C18H26N2O2/c1-2-10-20(18(21)17-13-19-9-11-22-17)16-8-7-14-5-3-4-6-15(14)12-16/h3-6,16-17,19H,2,7-13H2,1H3. The van der Waals surface area contributed by atoms with Crippen LogP contribution in [0.1, 0.15) is 30.9 Å². The number of benzene rings is 1. The lowest BCUT2D eigenvalue weighted by molar-refractivity contribution is -0.148. The summed E-state index contributed by atoms with van der Waals surface area (Å²) < 4.78 is 5.67. The van der Waals surface area contributed by atoms with E-state index in [1.165, 1.54) is 11.1 Å². The van der Waals surface area contributed by atoms with Crippen molar-refractivity contribution in [1.29, 1.82) is 0 Å². The summed E-state index contributed by atoms with van der Waals surface area (Å²) in [6.45, 7) is 5.07. The summed E-state index contributed by atoms with van der Waals surface area (Å²) >= 11 is 0. The van der Waals surface area contributed by atoms with Gasteiger partial charge in [0.15, 0.2) is 0 Å². The molecular weight excluding hydrogens is 276 g/mol. The highest BCUT2D eigenvalue weighted by Crippen LogP contribution is 2.25. The molecule has 0 saturated carbocycles. The number of nitrogens with zero attached hydrogens (tertiary/aromatic N) is 1. The Kier molecular flexibility index (Phi) is 5.11. The van der Waals surface area contributed by atoms with Crippen LogP contribution < -0.4 is 5.32 Å². The molecule has 1 aromatic carbocycles. The van der Waals surface area contributed by atoms with Gasteiger partial charge in [0.1, 0.15) is 6.10 Å². The molecule has 4 heteroatoms. The van der Waals surface area contributed by atoms with E-state index in [1.54, 1.807) is 0 Å². The number of hydrogen-bond acceptors (Lipinski definition) is 3. The molecule has 0 spiro atoms. The zero-order valence-electron chi connectivity index (χ0n) is 13.4. The van der Waals surface area contributed by atoms with Crippen LogP contribution in [0.3, 0.4) is 0 Å². The first-order chi connectivity index (χ1) is 10.8. The third-order valence-electron chi connectivity index (χ3n) is 4.71. The van der Waals surface area contributed by atoms with Gasteiger partial charge in [-0.1, -0.05) is 31.2 Å². The first kappa shape index (κ1) is 15.5. The van der Waals surface area contributed by atoms with Gasteiger partial charge < -0.3 is 15.0 Å². The quantitative estimate of drug-likeness (QED) is 0.921. The minimum Gasteiger partial charge on any atom is -0.366 e. The van der Waals surface area contributed by atoms with Gasteiger partial charge in [0.05, 0.1) is 6.61 Å². The van der Waals surface area contributed by atoms with Crippen molar-refractivity contribution in [3.05, 3.63) is 35.4 Å². The molecule has 1 aliphatic heterocycles. The van der Waals surface area contributed by atoms with Crippen molar-refractivity contribution in [1.82, 2.24) is 10.2 Å². The Balaban J connectivity index is 1.72. The van der Waals surface area contributed by atoms with Crippen molar-refractivity contribution in [3.63, 3.8) is 0 Å². The fourth-order valence-corrected chi connectivity index (χ4v) is 3.57. The zero-order chi connectivity index (χ0) is 15.4. The number of amides is 1. The molecule has 1 aliphatic carbocycles. The Hall–Kier alpha value is -1.39. The smallest absolute Gasteiger partial charge is 0.253 e. The molecule has 120 valence electrons. The number of ether oxygens (including phenoxy) is 1. The number of hydrogen-bond donors (Lipinski definition) is 1. The molecule has 2 unspecified atom stereocenters. The number of aryl methyl sites for hydroxylation is 1. The molecule has 0 radical (unpaired) electrons. The van der Waals surface area contributed by atoms with Crippen LogP contribution >= 0.6 is 0 Å². The Morgan fingerprint density at radius 2 is 2.18 bits per heavy atom. The van der Waals surface area contributed by atoms with Gasteiger partial charge in [0.25, 0.3) is 5.91 Å². The third-order valence-corrected chi connectivity index (χ3v) is 4.71. The molecule has 1 fully saturated rings. The van der Waals surface area contributed by atoms with Crippen LogP contribution in [0, 0.1) is 0 Å². The highest BCUT2D eigenvalue weighted by Gasteiger charge is 2.32. The Morgan fingerprint density at radius 1 is 1.36 bits per heavy atom. The van der Waals surface area contributed by atoms with Crippen molar-refractivity contribution >= 4 is 5.91 Å². The van der Waals surface area contributed by atoms with E-state index in [4.69, 9.17) is 4.74 Å². The summed E-state index contributed by atoms with van der Waals surface area (Å²) in [5, 5.41) is 3.26. The number of rotatable bonds is 4. The summed E-state index contributed by atoms with van der Waals surface area (Å²) in [5.41, 5.74) is 2.84. The maximum Gasteiger partial charge on any atom is 0.253 e. The predicted octanol–water partition coefficient (Wildman–Crippen LogP) is 1.77. The van der Waals surface area contributed by atoms with E-state index in [0.717, 1.165) is 38.8 Å². The van der Waals surface area contributed by atoms with Crippen LogP contribution in [0.25, 0.3) is 0 Å². The third kappa shape index (κ3) is 3.33. The Labute approximate surface area is 132 Å². The van der Waals surface area contributed by atoms with Crippen LogP contribution in [0.2, 0.25) is 0 Å². The second kappa shape index (κ2) is 7.25. The lowest BCUT2D eigenvalue weighted by Gasteiger charge is -2.38. The largest absolute Gasteiger partial charge is 0.366 e. The van der Waals surface area contributed by atoms with Crippen molar-refractivity contribution in [2.75, 3.05) is 26.2 Å². The highest BCUT2D eigenvalue weighted by atomic mass is 16.5. The number of fused-ring (bicyclic) bond motifs is 1. The molecule has 0 aromatic heterocycles. The van der Waals surface area contributed by atoms with Crippen molar-refractivity contribution in [2.45, 2.75) is 44.8 Å². The van der Waals surface area contributed by atoms with Crippen LogP contribution in [-0.4, -0.2) is 49.2 Å². The van der Waals surface area contributed by atoms with Gasteiger partial charge in [-0.25, -0.2) is 0 Å². The van der Waals surface area contributed by atoms with Gasteiger partial charge in [0.2, 0.25) is 0 Å². The Morgan fingerprint density at radius 3 is 2.91 bits per heavy atom. The van der Waals surface area contributed by atoms with Gasteiger partial charge >= 0.3 is 0 Å². The predicted molar refractivity (Wildman–Crippen MR) is 86.9 cm³/mol. The van der Waals surface area contributed by atoms with Gasteiger partial charge in [0, 0.05) is 25.7 Å². The lowest BCUT2D eigenvalue weighted by atomic mass is 9.87. The number of carbonyl (C=O) groups excluding carboxylic acids is 1. The van der Waals surface area contributed by atoms with Crippen LogP contribution in [0.5, 0.6) is 0 Å². The van der Waals surface area contributed by atoms with E-state index in [-0.39, 0.29) is 12.0 Å². The molecule has 1 heterocycles. The molecule has 4 nitrogen and oxygen atoms in total. The van der Waals surface area contributed by atoms with E-state index in [2.05, 4.69) is 41.4 Å². The first-order valence-electron chi connectivity index (χ1n) is 8.49. The van der Waals surface area contributed by atoms with Gasteiger partial charge in [-0.3, -0.25) is 4.79 Å². The van der Waals surface area contributed by atoms with Gasteiger partial charge in [-0.2, -0.15) is 0 Å². The lowest BCUT2D eigenvalue weighted by Crippen LogP contribution is -2.53. The summed E-state index contributed by atoms with van der Waals surface area (Å²) in [6, 6.07) is 8.94. The molecule has 2 atom stereocenters. The van der Waals surface area contributed by atoms with Crippen molar-refractivity contribution in [2.24, 2.45) is 0 Å². The average molecular weight is 302 g/mol. The van der Waals surface area contributed by atoms with E-state index < -0.39 is 0 Å². The highest BCUT2D eigenvalue weighted by molar-refractivity contribution is 5.81. The molecule has 1 saturated heterocycles. The topological polar surface area (TPSA) is 41.6 Å². The van der Waals surface area contributed by atoms with Gasteiger partial charge in [-0.15, -0.1) is 0 Å². The monoisotopic (exact) mass is 302 g/mol. The molecule has 3 rings (SSSR count). The summed E-state index contributed by atoms with van der Waals surface area (Å²) in [7, 11) is 0. The zero-order valence-corrected chi connectivity index (χ0v) is 13.4. The van der Waals surface area contributed by atoms with Crippen molar-refractivity contribution < 1.29 is 9.53 Å². The number of carbonyl (C=O) groups is 1. The van der Waals surface area contributed by atoms with E-state index in [0.29, 0.717) is 19.2 Å². The SMILES string of the molecule is CCCN(C(=O)C1CNCCO1)C1CCc2ccccc2C1. The van der Waals surface area contributed by atoms with E-state index in [1.807, 2.05) is 0 Å². The molecule has 1 aromatic rings. The minimum atomic E-state index is -0.308. The van der Waals surface area contributed by atoms with Gasteiger partial charge in [-0.05, 0) is 36.8 Å². The van der Waals surface area contributed by atoms with Crippen LogP contribution in [-0.2, 0) is 22.4 Å². The average Bonchev–Trinajstić information content (AvgIpc) is 2.59. The van der Waals surface area contributed by atoms with E-state index >= 15 is 0 Å². The second-order valence-electron chi connectivity index (χ2n) is 6.26. The number of nitrogens with one attached hydrogen (secondary N) is 1. The molecule has 0 bridgehead atoms. The molecule has 1 amide bonds. The fraction of sp³-hybridized carbons (Fsp3) is 0.611. The molecule has 2 aliphatic rings. The maximum absolute atomic E-state index is 12.9. The number of morpholine rings is 1. The molecular formula is C18H26N2O2.